The Labute approximate surface area is 54.2 Å². The van der Waals surface area contributed by atoms with Crippen molar-refractivity contribution in [2.45, 2.75) is 6.10 Å². The lowest BCUT2D eigenvalue weighted by Crippen LogP contribution is -2.16. The molecule has 0 aliphatic rings. The van der Waals surface area contributed by atoms with Crippen molar-refractivity contribution in [2.24, 2.45) is 0 Å². The number of ether oxygens (including phenoxy) is 1. The molecule has 0 radical (unpaired) electrons. The summed E-state index contributed by atoms with van der Waals surface area (Å²) in [6.45, 7) is 0.445. The number of aliphatic hydroxyl groups is 1. The summed E-state index contributed by atoms with van der Waals surface area (Å²) < 4.78 is 4.69. The first kappa shape index (κ1) is 8.27. The van der Waals surface area contributed by atoms with Gasteiger partial charge in [-0.15, -0.1) is 0 Å². The predicted molar refractivity (Wildman–Crippen MR) is 36.3 cm³/mol. The summed E-state index contributed by atoms with van der Waals surface area (Å²) in [7, 11) is 1.59. The Kier molecular flexibility index (Phi) is 5.59. The van der Waals surface area contributed by atoms with Gasteiger partial charge in [-0.05, 0) is 6.26 Å². The zero-order chi connectivity index (χ0) is 6.41. The van der Waals surface area contributed by atoms with Gasteiger partial charge in [0.05, 0.1) is 12.7 Å². The first-order valence-electron chi connectivity index (χ1n) is 2.47. The smallest absolute Gasteiger partial charge is 0.0863 e. The third-order valence-corrected chi connectivity index (χ3v) is 1.44. The number of rotatable bonds is 4. The van der Waals surface area contributed by atoms with E-state index in [1.165, 1.54) is 0 Å². The van der Waals surface area contributed by atoms with Gasteiger partial charge in [0.1, 0.15) is 0 Å². The Bertz CT molecular complexity index is 43.7. The fourth-order valence-electron chi connectivity index (χ4n) is 0.433. The average Bonchev–Trinajstić information content (AvgIpc) is 1.68. The highest BCUT2D eigenvalue weighted by Gasteiger charge is 1.98. The first-order valence-corrected chi connectivity index (χ1v) is 3.86. The van der Waals surface area contributed by atoms with Crippen LogP contribution in [0.25, 0.3) is 0 Å². The fraction of sp³-hybridized carbons (Fsp3) is 1.00. The molecular weight excluding hydrogens is 124 g/mol. The maximum absolute atomic E-state index is 8.90. The lowest BCUT2D eigenvalue weighted by Gasteiger charge is -2.04. The van der Waals surface area contributed by atoms with Gasteiger partial charge in [0.25, 0.3) is 0 Å². The van der Waals surface area contributed by atoms with Crippen LogP contribution in [-0.2, 0) is 4.74 Å². The molecule has 0 bridgehead atoms. The topological polar surface area (TPSA) is 29.5 Å². The van der Waals surface area contributed by atoms with Crippen molar-refractivity contribution < 1.29 is 9.84 Å². The van der Waals surface area contributed by atoms with Crippen LogP contribution in [-0.4, -0.2) is 36.9 Å². The monoisotopic (exact) mass is 136 g/mol. The van der Waals surface area contributed by atoms with Crippen LogP contribution in [0.1, 0.15) is 0 Å². The van der Waals surface area contributed by atoms with Crippen molar-refractivity contribution in [3.63, 3.8) is 0 Å². The molecule has 0 spiro atoms. The summed E-state index contributed by atoms with van der Waals surface area (Å²) >= 11 is 1.62. The van der Waals surface area contributed by atoms with Gasteiger partial charge in [0, 0.05) is 12.9 Å². The van der Waals surface area contributed by atoms with Gasteiger partial charge in [-0.3, -0.25) is 0 Å². The standard InChI is InChI=1S/C5H12O2S/c1-7-3-5(6)4-8-2/h5-6H,3-4H2,1-2H3. The maximum Gasteiger partial charge on any atom is 0.0863 e. The van der Waals surface area contributed by atoms with Crippen LogP contribution in [0.2, 0.25) is 0 Å². The van der Waals surface area contributed by atoms with Crippen molar-refractivity contribution >= 4 is 11.8 Å². The number of thioether (sulfide) groups is 1. The third kappa shape index (κ3) is 4.43. The second-order valence-electron chi connectivity index (χ2n) is 1.56. The van der Waals surface area contributed by atoms with Crippen molar-refractivity contribution in [1.29, 1.82) is 0 Å². The van der Waals surface area contributed by atoms with Crippen LogP contribution in [0.4, 0.5) is 0 Å². The van der Waals surface area contributed by atoms with Gasteiger partial charge >= 0.3 is 0 Å². The van der Waals surface area contributed by atoms with Gasteiger partial charge in [-0.1, -0.05) is 0 Å². The van der Waals surface area contributed by atoms with Gasteiger partial charge in [0.15, 0.2) is 0 Å². The van der Waals surface area contributed by atoms with Gasteiger partial charge in [-0.25, -0.2) is 0 Å². The highest BCUT2D eigenvalue weighted by Crippen LogP contribution is 1.95. The fourth-order valence-corrected chi connectivity index (χ4v) is 0.914. The number of hydrogen-bond acceptors (Lipinski definition) is 3. The van der Waals surface area contributed by atoms with Gasteiger partial charge in [-0.2, -0.15) is 11.8 Å². The zero-order valence-corrected chi connectivity index (χ0v) is 6.07. The third-order valence-electron chi connectivity index (χ3n) is 0.718. The summed E-state index contributed by atoms with van der Waals surface area (Å²) in [6, 6.07) is 0. The minimum Gasteiger partial charge on any atom is -0.390 e. The summed E-state index contributed by atoms with van der Waals surface area (Å²) in [4.78, 5) is 0. The van der Waals surface area contributed by atoms with Crippen LogP contribution in [0, 0.1) is 0 Å². The minimum atomic E-state index is -0.296. The van der Waals surface area contributed by atoms with E-state index >= 15 is 0 Å². The largest absolute Gasteiger partial charge is 0.390 e. The molecule has 1 N–H and O–H groups in total. The Balaban J connectivity index is 2.92. The molecule has 1 atom stereocenters. The van der Waals surface area contributed by atoms with Crippen molar-refractivity contribution in [3.05, 3.63) is 0 Å². The van der Waals surface area contributed by atoms with Gasteiger partial charge in [0.2, 0.25) is 0 Å². The second-order valence-corrected chi connectivity index (χ2v) is 2.48. The van der Waals surface area contributed by atoms with E-state index in [0.717, 1.165) is 5.75 Å². The lowest BCUT2D eigenvalue weighted by atomic mass is 10.4. The molecule has 2 nitrogen and oxygen atoms in total. The molecule has 3 heteroatoms. The van der Waals surface area contributed by atoms with Gasteiger partial charge < -0.3 is 9.84 Å². The van der Waals surface area contributed by atoms with E-state index in [-0.39, 0.29) is 6.10 Å². The molecule has 1 unspecified atom stereocenters. The average molecular weight is 136 g/mol. The van der Waals surface area contributed by atoms with Crippen molar-refractivity contribution in [1.82, 2.24) is 0 Å². The molecule has 0 saturated carbocycles. The highest BCUT2D eigenvalue weighted by atomic mass is 32.2. The normalized spacial score (nSPS) is 13.9. The van der Waals surface area contributed by atoms with Crippen LogP contribution >= 0.6 is 11.8 Å². The zero-order valence-electron chi connectivity index (χ0n) is 5.26. The quantitative estimate of drug-likeness (QED) is 0.605. The molecule has 0 aromatic rings. The lowest BCUT2D eigenvalue weighted by molar-refractivity contribution is 0.0794. The van der Waals surface area contributed by atoms with E-state index < -0.39 is 0 Å². The summed E-state index contributed by atoms with van der Waals surface area (Å²) in [5.41, 5.74) is 0. The van der Waals surface area contributed by atoms with Crippen LogP contribution < -0.4 is 0 Å². The summed E-state index contributed by atoms with van der Waals surface area (Å²) in [5, 5.41) is 8.90. The van der Waals surface area contributed by atoms with E-state index in [2.05, 4.69) is 0 Å². The molecule has 0 aliphatic carbocycles. The molecule has 8 heavy (non-hydrogen) atoms. The molecule has 0 rings (SSSR count). The molecule has 0 aliphatic heterocycles. The summed E-state index contributed by atoms with van der Waals surface area (Å²) in [5.74, 6) is 0.758. The molecule has 0 saturated heterocycles. The second kappa shape index (κ2) is 5.41. The van der Waals surface area contributed by atoms with Crippen molar-refractivity contribution in [3.8, 4) is 0 Å². The number of aliphatic hydroxyl groups excluding tert-OH is 1. The Morgan fingerprint density at radius 1 is 1.75 bits per heavy atom. The van der Waals surface area contributed by atoms with Crippen LogP contribution in [0.3, 0.4) is 0 Å². The van der Waals surface area contributed by atoms with Crippen molar-refractivity contribution in [2.75, 3.05) is 25.7 Å². The number of hydrogen-bond donors (Lipinski definition) is 1. The SMILES string of the molecule is COCC(O)CSC. The summed E-state index contributed by atoms with van der Waals surface area (Å²) in [6.07, 6.45) is 1.66. The molecule has 0 fully saturated rings. The van der Waals surface area contributed by atoms with E-state index in [9.17, 15) is 0 Å². The Hall–Kier alpha value is 0.270. The molecule has 0 aromatic heterocycles. The molecule has 0 aromatic carbocycles. The molecule has 0 heterocycles. The minimum absolute atomic E-state index is 0.296. The van der Waals surface area contributed by atoms with E-state index in [1.807, 2.05) is 6.26 Å². The number of methoxy groups -OCH3 is 1. The maximum atomic E-state index is 8.90. The molecular formula is C5H12O2S. The van der Waals surface area contributed by atoms with E-state index in [4.69, 9.17) is 9.84 Å². The van der Waals surface area contributed by atoms with E-state index in [1.54, 1.807) is 18.9 Å². The van der Waals surface area contributed by atoms with E-state index in [0.29, 0.717) is 6.61 Å². The molecule has 50 valence electrons. The first-order chi connectivity index (χ1) is 3.81. The Morgan fingerprint density at radius 3 is 2.75 bits per heavy atom. The molecule has 0 amide bonds. The van der Waals surface area contributed by atoms with Crippen LogP contribution in [0.5, 0.6) is 0 Å². The van der Waals surface area contributed by atoms with Crippen LogP contribution in [0.15, 0.2) is 0 Å². The highest BCUT2D eigenvalue weighted by molar-refractivity contribution is 7.98. The predicted octanol–water partition coefficient (Wildman–Crippen LogP) is 0.357. The Morgan fingerprint density at radius 2 is 2.38 bits per heavy atom.